The van der Waals surface area contributed by atoms with Crippen molar-refractivity contribution in [2.75, 3.05) is 6.54 Å². The highest BCUT2D eigenvalue weighted by Gasteiger charge is 2.19. The van der Waals surface area contributed by atoms with Gasteiger partial charge in [0, 0.05) is 6.04 Å². The van der Waals surface area contributed by atoms with E-state index in [1.165, 1.54) is 31.2 Å². The van der Waals surface area contributed by atoms with E-state index < -0.39 is 0 Å². The minimum Gasteiger partial charge on any atom is -0.472 e. The first-order valence-electron chi connectivity index (χ1n) is 7.06. The van der Waals surface area contributed by atoms with Crippen molar-refractivity contribution in [2.45, 2.75) is 58.9 Å². The molecule has 2 nitrogen and oxygen atoms in total. The Kier molecular flexibility index (Phi) is 7.02. The highest BCUT2D eigenvalue weighted by molar-refractivity contribution is 5.08. The number of hydrogen-bond acceptors (Lipinski definition) is 2. The summed E-state index contributed by atoms with van der Waals surface area (Å²) in [7, 11) is 0. The summed E-state index contributed by atoms with van der Waals surface area (Å²) in [5.74, 6) is 0.782. The second-order valence-electron chi connectivity index (χ2n) is 4.81. The third kappa shape index (κ3) is 4.95. The van der Waals surface area contributed by atoms with E-state index in [1.807, 2.05) is 6.26 Å². The third-order valence-corrected chi connectivity index (χ3v) is 3.52. The molecular formula is C15H27NO. The van der Waals surface area contributed by atoms with Gasteiger partial charge in [0.2, 0.25) is 0 Å². The van der Waals surface area contributed by atoms with Gasteiger partial charge >= 0.3 is 0 Å². The van der Waals surface area contributed by atoms with Crippen molar-refractivity contribution >= 4 is 0 Å². The molecule has 0 aromatic carbocycles. The van der Waals surface area contributed by atoms with E-state index in [2.05, 4.69) is 32.2 Å². The standard InChI is InChI=1S/C15H27NO/c1-4-7-8-14(5-2)15(16-6-3)11-13-9-10-17-12-13/h9-10,12,14-16H,4-8,11H2,1-3H3. The van der Waals surface area contributed by atoms with Gasteiger partial charge in [-0.15, -0.1) is 0 Å². The Morgan fingerprint density at radius 2 is 2.12 bits per heavy atom. The van der Waals surface area contributed by atoms with E-state index in [4.69, 9.17) is 4.42 Å². The van der Waals surface area contributed by atoms with Crippen molar-refractivity contribution in [1.82, 2.24) is 5.32 Å². The first kappa shape index (κ1) is 14.3. The molecule has 1 heterocycles. The lowest BCUT2D eigenvalue weighted by atomic mass is 9.88. The van der Waals surface area contributed by atoms with Gasteiger partial charge in [0.15, 0.2) is 0 Å². The summed E-state index contributed by atoms with van der Waals surface area (Å²) < 4.78 is 5.16. The fourth-order valence-corrected chi connectivity index (χ4v) is 2.49. The highest BCUT2D eigenvalue weighted by atomic mass is 16.3. The average molecular weight is 237 g/mol. The first-order chi connectivity index (χ1) is 8.31. The summed E-state index contributed by atoms with van der Waals surface area (Å²) in [4.78, 5) is 0. The average Bonchev–Trinajstić information content (AvgIpc) is 2.83. The van der Waals surface area contributed by atoms with Crippen LogP contribution in [0.1, 0.15) is 52.0 Å². The van der Waals surface area contributed by atoms with Crippen LogP contribution in [0.4, 0.5) is 0 Å². The van der Waals surface area contributed by atoms with Gasteiger partial charge < -0.3 is 9.73 Å². The Morgan fingerprint density at radius 3 is 2.65 bits per heavy atom. The second kappa shape index (κ2) is 8.35. The summed E-state index contributed by atoms with van der Waals surface area (Å²) in [6.07, 6.45) is 9.96. The van der Waals surface area contributed by atoms with Gasteiger partial charge in [-0.3, -0.25) is 0 Å². The molecule has 0 bridgehead atoms. The van der Waals surface area contributed by atoms with Crippen LogP contribution in [0, 0.1) is 5.92 Å². The predicted molar refractivity (Wildman–Crippen MR) is 73.2 cm³/mol. The van der Waals surface area contributed by atoms with Crippen LogP contribution in [0.2, 0.25) is 0 Å². The molecular weight excluding hydrogens is 210 g/mol. The molecule has 0 aliphatic carbocycles. The quantitative estimate of drug-likeness (QED) is 0.702. The van der Waals surface area contributed by atoms with Crippen LogP contribution in [0.3, 0.4) is 0 Å². The van der Waals surface area contributed by atoms with Crippen LogP contribution in [0.25, 0.3) is 0 Å². The summed E-state index contributed by atoms with van der Waals surface area (Å²) in [6, 6.07) is 2.67. The zero-order valence-electron chi connectivity index (χ0n) is 11.5. The van der Waals surface area contributed by atoms with Crippen LogP contribution in [-0.2, 0) is 6.42 Å². The largest absolute Gasteiger partial charge is 0.472 e. The minimum atomic E-state index is 0.592. The van der Waals surface area contributed by atoms with E-state index in [0.717, 1.165) is 18.9 Å². The third-order valence-electron chi connectivity index (χ3n) is 3.52. The minimum absolute atomic E-state index is 0.592. The number of unbranched alkanes of at least 4 members (excludes halogenated alkanes) is 1. The molecule has 0 amide bonds. The maximum Gasteiger partial charge on any atom is 0.0935 e. The molecule has 1 aromatic heterocycles. The van der Waals surface area contributed by atoms with Crippen molar-refractivity contribution in [3.63, 3.8) is 0 Å². The zero-order chi connectivity index (χ0) is 12.5. The van der Waals surface area contributed by atoms with Crippen molar-refractivity contribution in [3.8, 4) is 0 Å². The highest BCUT2D eigenvalue weighted by Crippen LogP contribution is 2.20. The Labute approximate surface area is 106 Å². The molecule has 0 aliphatic heterocycles. The molecule has 1 aromatic rings. The van der Waals surface area contributed by atoms with Gasteiger partial charge in [-0.2, -0.15) is 0 Å². The van der Waals surface area contributed by atoms with Crippen LogP contribution < -0.4 is 5.32 Å². The summed E-state index contributed by atoms with van der Waals surface area (Å²) in [5.41, 5.74) is 1.31. The second-order valence-corrected chi connectivity index (χ2v) is 4.81. The van der Waals surface area contributed by atoms with E-state index in [0.29, 0.717) is 6.04 Å². The van der Waals surface area contributed by atoms with Crippen molar-refractivity contribution < 1.29 is 4.42 Å². The smallest absolute Gasteiger partial charge is 0.0935 e. The molecule has 0 radical (unpaired) electrons. The summed E-state index contributed by atoms with van der Waals surface area (Å²) in [5, 5.41) is 3.64. The monoisotopic (exact) mass is 237 g/mol. The fourth-order valence-electron chi connectivity index (χ4n) is 2.49. The van der Waals surface area contributed by atoms with Crippen LogP contribution in [-0.4, -0.2) is 12.6 Å². The fraction of sp³-hybridized carbons (Fsp3) is 0.733. The van der Waals surface area contributed by atoms with Gasteiger partial charge in [-0.25, -0.2) is 0 Å². The lowest BCUT2D eigenvalue weighted by Gasteiger charge is -2.26. The summed E-state index contributed by atoms with van der Waals surface area (Å²) >= 11 is 0. The summed E-state index contributed by atoms with van der Waals surface area (Å²) in [6.45, 7) is 7.81. The van der Waals surface area contributed by atoms with Gasteiger partial charge in [0.05, 0.1) is 12.5 Å². The van der Waals surface area contributed by atoms with Gasteiger partial charge in [-0.1, -0.05) is 40.0 Å². The molecule has 0 fully saturated rings. The SMILES string of the molecule is CCCCC(CC)C(Cc1ccoc1)NCC. The molecule has 2 unspecified atom stereocenters. The lowest BCUT2D eigenvalue weighted by Crippen LogP contribution is -2.37. The number of likely N-dealkylation sites (N-methyl/N-ethyl adjacent to an activating group) is 1. The van der Waals surface area contributed by atoms with E-state index in [1.54, 1.807) is 6.26 Å². The van der Waals surface area contributed by atoms with Crippen molar-refractivity contribution in [2.24, 2.45) is 5.92 Å². The van der Waals surface area contributed by atoms with Crippen LogP contribution in [0.15, 0.2) is 23.0 Å². The first-order valence-corrected chi connectivity index (χ1v) is 7.06. The zero-order valence-corrected chi connectivity index (χ0v) is 11.5. The number of rotatable bonds is 9. The van der Waals surface area contributed by atoms with Crippen molar-refractivity contribution in [1.29, 1.82) is 0 Å². The van der Waals surface area contributed by atoms with E-state index in [-0.39, 0.29) is 0 Å². The molecule has 1 N–H and O–H groups in total. The number of nitrogens with one attached hydrogen (secondary N) is 1. The Morgan fingerprint density at radius 1 is 1.29 bits per heavy atom. The van der Waals surface area contributed by atoms with Gasteiger partial charge in [-0.05, 0) is 36.9 Å². The molecule has 0 saturated carbocycles. The van der Waals surface area contributed by atoms with E-state index >= 15 is 0 Å². The maximum absolute atomic E-state index is 5.16. The normalized spacial score (nSPS) is 14.8. The molecule has 2 heteroatoms. The maximum atomic E-state index is 5.16. The van der Waals surface area contributed by atoms with Gasteiger partial charge in [0.25, 0.3) is 0 Å². The molecule has 17 heavy (non-hydrogen) atoms. The number of hydrogen-bond donors (Lipinski definition) is 1. The predicted octanol–water partition coefficient (Wildman–Crippen LogP) is 4.02. The molecule has 1 rings (SSSR count). The Balaban J connectivity index is 2.55. The van der Waals surface area contributed by atoms with Gasteiger partial charge in [0.1, 0.15) is 0 Å². The Bertz CT molecular complexity index is 268. The van der Waals surface area contributed by atoms with Crippen LogP contribution >= 0.6 is 0 Å². The van der Waals surface area contributed by atoms with E-state index in [9.17, 15) is 0 Å². The topological polar surface area (TPSA) is 25.2 Å². The molecule has 0 aliphatic rings. The molecule has 0 spiro atoms. The lowest BCUT2D eigenvalue weighted by molar-refractivity contribution is 0.319. The molecule has 0 saturated heterocycles. The number of furan rings is 1. The molecule has 2 atom stereocenters. The molecule has 98 valence electrons. The van der Waals surface area contributed by atoms with Crippen LogP contribution in [0.5, 0.6) is 0 Å². The Hall–Kier alpha value is -0.760. The van der Waals surface area contributed by atoms with Crippen molar-refractivity contribution in [3.05, 3.63) is 24.2 Å².